The van der Waals surface area contributed by atoms with Gasteiger partial charge in [-0.15, -0.1) is 0 Å². The van der Waals surface area contributed by atoms with Crippen molar-refractivity contribution in [3.63, 3.8) is 0 Å². The number of nitrogens with zero attached hydrogens (tertiary/aromatic N) is 2. The van der Waals surface area contributed by atoms with E-state index in [0.29, 0.717) is 12.2 Å². The summed E-state index contributed by atoms with van der Waals surface area (Å²) in [5, 5.41) is 4.12. The zero-order valence-electron chi connectivity index (χ0n) is 12.1. The summed E-state index contributed by atoms with van der Waals surface area (Å²) < 4.78 is 4.13. The molecule has 0 spiro atoms. The molecular formula is C16H19N3O. The zero-order chi connectivity index (χ0) is 14.3. The van der Waals surface area contributed by atoms with E-state index >= 15 is 0 Å². The first kappa shape index (κ1) is 12.8. The van der Waals surface area contributed by atoms with Gasteiger partial charge in [-0.1, -0.05) is 25.1 Å². The zero-order valence-corrected chi connectivity index (χ0v) is 12.1. The van der Waals surface area contributed by atoms with Crippen molar-refractivity contribution in [3.8, 4) is 0 Å². The summed E-state index contributed by atoms with van der Waals surface area (Å²) in [6.07, 6.45) is 0.943. The van der Waals surface area contributed by atoms with Gasteiger partial charge < -0.3 is 14.5 Å². The molecule has 0 bridgehead atoms. The smallest absolute Gasteiger partial charge is 0.267 e. The van der Waals surface area contributed by atoms with Crippen LogP contribution in [0.3, 0.4) is 0 Å². The molecule has 0 radical (unpaired) electrons. The Kier molecular flexibility index (Phi) is 3.01. The molecule has 1 aromatic carbocycles. The lowest BCUT2D eigenvalue weighted by atomic mass is 10.2. The number of para-hydroxylation sites is 1. The third-order valence-electron chi connectivity index (χ3n) is 3.86. The number of rotatable bonds is 3. The van der Waals surface area contributed by atoms with Gasteiger partial charge in [0, 0.05) is 26.0 Å². The molecular weight excluding hydrogens is 250 g/mol. The lowest BCUT2D eigenvalue weighted by molar-refractivity contribution is 0.0946. The van der Waals surface area contributed by atoms with E-state index < -0.39 is 0 Å². The molecule has 4 heteroatoms. The summed E-state index contributed by atoms with van der Waals surface area (Å²) in [5.41, 5.74) is 4.11. The number of amides is 1. The number of nitrogens with one attached hydrogen (secondary N) is 1. The summed E-state index contributed by atoms with van der Waals surface area (Å²) in [6, 6.07) is 10.2. The van der Waals surface area contributed by atoms with Crippen LogP contribution in [0.15, 0.2) is 30.3 Å². The van der Waals surface area contributed by atoms with Crippen LogP contribution in [0.25, 0.3) is 21.9 Å². The van der Waals surface area contributed by atoms with Crippen molar-refractivity contribution in [3.05, 3.63) is 36.0 Å². The minimum Gasteiger partial charge on any atom is -0.351 e. The third kappa shape index (κ3) is 1.72. The first-order valence-corrected chi connectivity index (χ1v) is 6.96. The van der Waals surface area contributed by atoms with E-state index in [1.807, 2.05) is 36.9 Å². The highest BCUT2D eigenvalue weighted by Gasteiger charge is 2.18. The number of fused-ring (bicyclic) bond motifs is 3. The number of hydrogen-bond donors (Lipinski definition) is 1. The van der Waals surface area contributed by atoms with E-state index in [1.165, 1.54) is 10.9 Å². The van der Waals surface area contributed by atoms with Crippen LogP contribution in [0.1, 0.15) is 23.8 Å². The fraction of sp³-hybridized carbons (Fsp3) is 0.312. The van der Waals surface area contributed by atoms with E-state index in [-0.39, 0.29) is 5.91 Å². The summed E-state index contributed by atoms with van der Waals surface area (Å²) in [6.45, 7) is 2.76. The van der Waals surface area contributed by atoms with Crippen LogP contribution in [-0.2, 0) is 14.1 Å². The predicted octanol–water partition coefficient (Wildman–Crippen LogP) is 2.81. The Morgan fingerprint density at radius 1 is 1.15 bits per heavy atom. The minimum atomic E-state index is -0.00497. The van der Waals surface area contributed by atoms with E-state index in [4.69, 9.17) is 0 Å². The standard InChI is InChI=1S/C16H19N3O/c1-4-9-17-16(20)14-10-13-15(19(14)3)11-7-5-6-8-12(11)18(13)2/h5-8,10H,4,9H2,1-3H3,(H,17,20). The summed E-state index contributed by atoms with van der Waals surface area (Å²) in [5.74, 6) is -0.00497. The van der Waals surface area contributed by atoms with E-state index in [9.17, 15) is 4.79 Å². The molecule has 0 atom stereocenters. The summed E-state index contributed by atoms with van der Waals surface area (Å²) >= 11 is 0. The molecule has 0 aliphatic rings. The van der Waals surface area contributed by atoms with Gasteiger partial charge in [0.05, 0.1) is 16.6 Å². The first-order chi connectivity index (χ1) is 9.65. The Balaban J connectivity index is 2.21. The molecule has 1 amide bonds. The van der Waals surface area contributed by atoms with Gasteiger partial charge in [0.15, 0.2) is 0 Å². The van der Waals surface area contributed by atoms with Crippen molar-refractivity contribution >= 4 is 27.8 Å². The molecule has 0 aliphatic heterocycles. The average Bonchev–Trinajstić information content (AvgIpc) is 2.94. The molecule has 4 nitrogen and oxygen atoms in total. The predicted molar refractivity (Wildman–Crippen MR) is 82.0 cm³/mol. The second kappa shape index (κ2) is 4.71. The van der Waals surface area contributed by atoms with Crippen molar-refractivity contribution in [1.29, 1.82) is 0 Å². The molecule has 0 aliphatic carbocycles. The fourth-order valence-corrected chi connectivity index (χ4v) is 2.80. The van der Waals surface area contributed by atoms with Crippen molar-refractivity contribution in [2.75, 3.05) is 6.54 Å². The topological polar surface area (TPSA) is 39.0 Å². The first-order valence-electron chi connectivity index (χ1n) is 6.96. The summed E-state index contributed by atoms with van der Waals surface area (Å²) in [7, 11) is 3.99. The highest BCUT2D eigenvalue weighted by molar-refractivity contribution is 6.10. The van der Waals surface area contributed by atoms with Crippen molar-refractivity contribution in [1.82, 2.24) is 14.5 Å². The molecule has 0 saturated carbocycles. The quantitative estimate of drug-likeness (QED) is 0.780. The molecule has 20 heavy (non-hydrogen) atoms. The van der Waals surface area contributed by atoms with Crippen molar-refractivity contribution in [2.45, 2.75) is 13.3 Å². The maximum absolute atomic E-state index is 12.2. The summed E-state index contributed by atoms with van der Waals surface area (Å²) in [4.78, 5) is 12.2. The van der Waals surface area contributed by atoms with Crippen LogP contribution < -0.4 is 5.32 Å². The lowest BCUT2D eigenvalue weighted by Gasteiger charge is -2.05. The van der Waals surface area contributed by atoms with Gasteiger partial charge in [0.2, 0.25) is 0 Å². The lowest BCUT2D eigenvalue weighted by Crippen LogP contribution is -2.25. The Morgan fingerprint density at radius 2 is 1.90 bits per heavy atom. The monoisotopic (exact) mass is 269 g/mol. The van der Waals surface area contributed by atoms with Crippen LogP contribution in [0.2, 0.25) is 0 Å². The van der Waals surface area contributed by atoms with Crippen molar-refractivity contribution < 1.29 is 4.79 Å². The Hall–Kier alpha value is -2.23. The second-order valence-corrected chi connectivity index (χ2v) is 5.15. The van der Waals surface area contributed by atoms with Gasteiger partial charge in [-0.3, -0.25) is 4.79 Å². The van der Waals surface area contributed by atoms with Gasteiger partial charge >= 0.3 is 0 Å². The van der Waals surface area contributed by atoms with Gasteiger partial charge in [-0.05, 0) is 18.6 Å². The normalized spacial score (nSPS) is 11.3. The Morgan fingerprint density at radius 3 is 2.65 bits per heavy atom. The van der Waals surface area contributed by atoms with E-state index in [0.717, 1.165) is 17.5 Å². The largest absolute Gasteiger partial charge is 0.351 e. The second-order valence-electron chi connectivity index (χ2n) is 5.15. The number of aromatic nitrogens is 2. The van der Waals surface area contributed by atoms with Crippen molar-refractivity contribution in [2.24, 2.45) is 14.1 Å². The van der Waals surface area contributed by atoms with E-state index in [1.54, 1.807) is 0 Å². The van der Waals surface area contributed by atoms with Gasteiger partial charge in [-0.25, -0.2) is 0 Å². The highest BCUT2D eigenvalue weighted by atomic mass is 16.1. The van der Waals surface area contributed by atoms with Gasteiger partial charge in [-0.2, -0.15) is 0 Å². The number of benzene rings is 1. The van der Waals surface area contributed by atoms with Crippen LogP contribution >= 0.6 is 0 Å². The molecule has 2 aromatic heterocycles. The molecule has 0 saturated heterocycles. The minimum absolute atomic E-state index is 0.00497. The number of carbonyl (C=O) groups is 1. The maximum Gasteiger partial charge on any atom is 0.267 e. The van der Waals surface area contributed by atoms with Crippen LogP contribution in [0.4, 0.5) is 0 Å². The number of carbonyl (C=O) groups excluding carboxylic acids is 1. The fourth-order valence-electron chi connectivity index (χ4n) is 2.80. The number of aryl methyl sites for hydroxylation is 2. The maximum atomic E-state index is 12.2. The molecule has 2 heterocycles. The molecule has 0 fully saturated rings. The van der Waals surface area contributed by atoms with Crippen LogP contribution in [0, 0.1) is 0 Å². The van der Waals surface area contributed by atoms with Crippen LogP contribution in [0.5, 0.6) is 0 Å². The van der Waals surface area contributed by atoms with Crippen LogP contribution in [-0.4, -0.2) is 21.6 Å². The van der Waals surface area contributed by atoms with E-state index in [2.05, 4.69) is 28.9 Å². The van der Waals surface area contributed by atoms with Gasteiger partial charge in [0.1, 0.15) is 5.69 Å². The molecule has 3 rings (SSSR count). The SMILES string of the molecule is CCCNC(=O)c1cc2c(c3ccccc3n2C)n1C. The average molecular weight is 269 g/mol. The highest BCUT2D eigenvalue weighted by Crippen LogP contribution is 2.29. The number of hydrogen-bond acceptors (Lipinski definition) is 1. The molecule has 1 N–H and O–H groups in total. The Labute approximate surface area is 118 Å². The Bertz CT molecular complexity index is 795. The molecule has 104 valence electrons. The molecule has 0 unspecified atom stereocenters. The molecule has 3 aromatic rings. The van der Waals surface area contributed by atoms with Gasteiger partial charge in [0.25, 0.3) is 5.91 Å². The third-order valence-corrected chi connectivity index (χ3v) is 3.86.